The van der Waals surface area contributed by atoms with Crippen LogP contribution in [0.15, 0.2) is 12.1 Å². The van der Waals surface area contributed by atoms with Crippen LogP contribution in [0.3, 0.4) is 0 Å². The lowest BCUT2D eigenvalue weighted by atomic mass is 9.45. The summed E-state index contributed by atoms with van der Waals surface area (Å²) in [5.74, 6) is 1.78. The molecule has 0 aromatic heterocycles. The van der Waals surface area contributed by atoms with Crippen molar-refractivity contribution in [3.8, 4) is 11.5 Å². The molecule has 0 amide bonds. The van der Waals surface area contributed by atoms with Gasteiger partial charge in [-0.3, -0.25) is 0 Å². The normalized spacial score (nSPS) is 44.2. The van der Waals surface area contributed by atoms with E-state index in [4.69, 9.17) is 9.47 Å². The van der Waals surface area contributed by atoms with Crippen molar-refractivity contribution in [2.45, 2.75) is 61.7 Å². The summed E-state index contributed by atoms with van der Waals surface area (Å²) in [6.45, 7) is 0. The summed E-state index contributed by atoms with van der Waals surface area (Å²) in [6.07, 6.45) is 4.42. The molecule has 1 heterocycles. The van der Waals surface area contributed by atoms with Gasteiger partial charge in [-0.05, 0) is 49.7 Å². The van der Waals surface area contributed by atoms with Crippen molar-refractivity contribution in [3.05, 3.63) is 23.3 Å². The third kappa shape index (κ3) is 1.21. The smallest absolute Gasteiger partial charge is 0.166 e. The molecule has 3 aliphatic carbocycles. The second-order valence-electron chi connectivity index (χ2n) is 7.46. The zero-order chi connectivity index (χ0) is 15.1. The van der Waals surface area contributed by atoms with Gasteiger partial charge in [0.25, 0.3) is 0 Å². The number of aliphatic hydroxyl groups excluding tert-OH is 1. The Labute approximate surface area is 130 Å². The fraction of sp³-hybridized carbons (Fsp3) is 0.667. The number of hydrogen-bond acceptors (Lipinski definition) is 4. The zero-order valence-corrected chi connectivity index (χ0v) is 12.8. The summed E-state index contributed by atoms with van der Waals surface area (Å²) >= 11 is 0. The molecule has 2 N–H and O–H groups in total. The maximum atomic E-state index is 11.7. The van der Waals surface area contributed by atoms with E-state index in [1.54, 1.807) is 7.11 Å². The highest BCUT2D eigenvalue weighted by Crippen LogP contribution is 2.67. The standard InChI is InChI=1S/C18H22O4/c1-21-13-5-4-10-9-11-3-2-7-17-14(10)15(13)22-16(17)12(19)6-8-18(11,17)20/h4-5,11-12,16,19-20H,2-3,6-9H2,1H3. The van der Waals surface area contributed by atoms with E-state index >= 15 is 0 Å². The van der Waals surface area contributed by atoms with Gasteiger partial charge in [0.05, 0.1) is 24.2 Å². The van der Waals surface area contributed by atoms with Gasteiger partial charge >= 0.3 is 0 Å². The van der Waals surface area contributed by atoms with Crippen LogP contribution in [0.4, 0.5) is 0 Å². The summed E-state index contributed by atoms with van der Waals surface area (Å²) in [7, 11) is 1.65. The van der Waals surface area contributed by atoms with Gasteiger partial charge in [-0.1, -0.05) is 12.5 Å². The number of benzene rings is 1. The van der Waals surface area contributed by atoms with E-state index < -0.39 is 17.1 Å². The van der Waals surface area contributed by atoms with Crippen LogP contribution < -0.4 is 9.47 Å². The van der Waals surface area contributed by atoms with Crippen LogP contribution >= 0.6 is 0 Å². The van der Waals surface area contributed by atoms with E-state index in [1.165, 1.54) is 5.56 Å². The zero-order valence-electron chi connectivity index (χ0n) is 12.8. The third-order valence-corrected chi connectivity index (χ3v) is 6.81. The van der Waals surface area contributed by atoms with Gasteiger partial charge in [0.2, 0.25) is 0 Å². The maximum Gasteiger partial charge on any atom is 0.166 e. The molecule has 1 spiro atoms. The Bertz CT molecular complexity index is 657. The molecule has 2 saturated carbocycles. The van der Waals surface area contributed by atoms with Gasteiger partial charge in [0.1, 0.15) is 6.10 Å². The van der Waals surface area contributed by atoms with Crippen molar-refractivity contribution in [1.82, 2.24) is 0 Å². The number of ether oxygens (including phenoxy) is 2. The number of aliphatic hydroxyl groups is 2. The Balaban J connectivity index is 1.85. The molecule has 4 heteroatoms. The van der Waals surface area contributed by atoms with Crippen LogP contribution in [-0.2, 0) is 11.8 Å². The summed E-state index contributed by atoms with van der Waals surface area (Å²) in [5.41, 5.74) is 1.24. The van der Waals surface area contributed by atoms with Crippen molar-refractivity contribution in [3.63, 3.8) is 0 Å². The SMILES string of the molecule is COc1ccc2c3c1OC1C(O)CCC4(O)C(CCCC314)C2. The van der Waals surface area contributed by atoms with Crippen LogP contribution in [0.2, 0.25) is 0 Å². The average Bonchev–Trinajstić information content (AvgIpc) is 2.85. The molecule has 118 valence electrons. The summed E-state index contributed by atoms with van der Waals surface area (Å²) in [6, 6.07) is 4.10. The number of rotatable bonds is 1. The molecule has 22 heavy (non-hydrogen) atoms. The lowest BCUT2D eigenvalue weighted by Crippen LogP contribution is -2.70. The molecular weight excluding hydrogens is 280 g/mol. The van der Waals surface area contributed by atoms with E-state index in [0.29, 0.717) is 12.8 Å². The first kappa shape index (κ1) is 13.2. The molecule has 1 aromatic rings. The van der Waals surface area contributed by atoms with Crippen molar-refractivity contribution in [1.29, 1.82) is 0 Å². The molecule has 4 aliphatic rings. The number of hydrogen-bond donors (Lipinski definition) is 2. The van der Waals surface area contributed by atoms with Crippen LogP contribution in [0.1, 0.15) is 43.2 Å². The predicted molar refractivity (Wildman–Crippen MR) is 80.3 cm³/mol. The molecule has 0 saturated heterocycles. The van der Waals surface area contributed by atoms with E-state index in [2.05, 4.69) is 6.07 Å². The molecule has 2 bridgehead atoms. The van der Waals surface area contributed by atoms with Gasteiger partial charge in [-0.15, -0.1) is 0 Å². The topological polar surface area (TPSA) is 58.9 Å². The lowest BCUT2D eigenvalue weighted by molar-refractivity contribution is -0.195. The molecule has 5 atom stereocenters. The highest BCUT2D eigenvalue weighted by molar-refractivity contribution is 5.62. The minimum atomic E-state index is -0.736. The fourth-order valence-corrected chi connectivity index (χ4v) is 5.98. The molecule has 0 radical (unpaired) electrons. The van der Waals surface area contributed by atoms with Gasteiger partial charge in [-0.25, -0.2) is 0 Å². The van der Waals surface area contributed by atoms with Gasteiger partial charge in [-0.2, -0.15) is 0 Å². The van der Waals surface area contributed by atoms with Gasteiger partial charge in [0, 0.05) is 5.56 Å². The first-order chi connectivity index (χ1) is 10.6. The van der Waals surface area contributed by atoms with Crippen molar-refractivity contribution in [2.24, 2.45) is 5.92 Å². The Morgan fingerprint density at radius 2 is 2.14 bits per heavy atom. The molecule has 5 unspecified atom stereocenters. The maximum absolute atomic E-state index is 11.7. The number of methoxy groups -OCH3 is 1. The first-order valence-electron chi connectivity index (χ1n) is 8.39. The molecule has 4 nitrogen and oxygen atoms in total. The van der Waals surface area contributed by atoms with E-state index in [1.807, 2.05) is 6.07 Å². The van der Waals surface area contributed by atoms with Crippen LogP contribution in [-0.4, -0.2) is 35.1 Å². The van der Waals surface area contributed by atoms with E-state index in [9.17, 15) is 10.2 Å². The Kier molecular flexibility index (Phi) is 2.39. The average molecular weight is 302 g/mol. The minimum Gasteiger partial charge on any atom is -0.493 e. The second-order valence-corrected chi connectivity index (χ2v) is 7.46. The van der Waals surface area contributed by atoms with Crippen LogP contribution in [0, 0.1) is 5.92 Å². The third-order valence-electron chi connectivity index (χ3n) is 6.81. The lowest BCUT2D eigenvalue weighted by Gasteiger charge is -2.61. The first-order valence-corrected chi connectivity index (χ1v) is 8.39. The Hall–Kier alpha value is -1.26. The Morgan fingerprint density at radius 1 is 1.27 bits per heavy atom. The highest BCUT2D eigenvalue weighted by atomic mass is 16.5. The largest absolute Gasteiger partial charge is 0.493 e. The summed E-state index contributed by atoms with van der Waals surface area (Å²) < 4.78 is 11.7. The van der Waals surface area contributed by atoms with Crippen LogP contribution in [0.5, 0.6) is 11.5 Å². The van der Waals surface area contributed by atoms with Gasteiger partial charge in [0.15, 0.2) is 11.5 Å². The quantitative estimate of drug-likeness (QED) is 0.832. The summed E-state index contributed by atoms with van der Waals surface area (Å²) in [5, 5.41) is 22.3. The van der Waals surface area contributed by atoms with Gasteiger partial charge < -0.3 is 19.7 Å². The molecule has 5 rings (SSSR count). The molecule has 1 aromatic carbocycles. The minimum absolute atomic E-state index is 0.284. The van der Waals surface area contributed by atoms with Crippen molar-refractivity contribution in [2.75, 3.05) is 7.11 Å². The van der Waals surface area contributed by atoms with Crippen molar-refractivity contribution < 1.29 is 19.7 Å². The highest BCUT2D eigenvalue weighted by Gasteiger charge is 2.71. The molecular formula is C18H22O4. The van der Waals surface area contributed by atoms with Crippen molar-refractivity contribution >= 4 is 0 Å². The van der Waals surface area contributed by atoms with Crippen LogP contribution in [0.25, 0.3) is 0 Å². The molecule has 1 aliphatic heterocycles. The van der Waals surface area contributed by atoms with E-state index in [0.717, 1.165) is 42.7 Å². The molecule has 2 fully saturated rings. The Morgan fingerprint density at radius 3 is 2.95 bits per heavy atom. The second kappa shape index (κ2) is 3.98. The predicted octanol–water partition coefficient (Wildman–Crippen LogP) is 1.94. The summed E-state index contributed by atoms with van der Waals surface area (Å²) in [4.78, 5) is 0. The monoisotopic (exact) mass is 302 g/mol. The fourth-order valence-electron chi connectivity index (χ4n) is 5.98. The van der Waals surface area contributed by atoms with E-state index in [-0.39, 0.29) is 12.0 Å².